The van der Waals surface area contributed by atoms with E-state index >= 15 is 0 Å². The summed E-state index contributed by atoms with van der Waals surface area (Å²) in [6.07, 6.45) is 5.94. The van der Waals surface area contributed by atoms with Gasteiger partial charge in [0.1, 0.15) is 11.6 Å². The van der Waals surface area contributed by atoms with Crippen LogP contribution in [0, 0.1) is 5.92 Å². The van der Waals surface area contributed by atoms with Crippen LogP contribution in [0.3, 0.4) is 0 Å². The second-order valence-electron chi connectivity index (χ2n) is 6.54. The molecule has 1 N–H and O–H groups in total. The molecule has 0 saturated carbocycles. The smallest absolute Gasteiger partial charge is 0.254 e. The second-order valence-corrected chi connectivity index (χ2v) is 6.97. The first-order valence-electron chi connectivity index (χ1n) is 8.87. The SMILES string of the molecule is C=CC(=O)Nc1ccc(C(=O)N2CC[C@@H](Cc3ncc(Cl)cn3)C2)cc1OC. The van der Waals surface area contributed by atoms with E-state index in [0.717, 1.165) is 12.2 Å². The Kier molecular flexibility index (Phi) is 6.26. The number of nitrogens with zero attached hydrogens (tertiary/aromatic N) is 3. The number of anilines is 1. The normalized spacial score (nSPS) is 15.9. The van der Waals surface area contributed by atoms with E-state index in [4.69, 9.17) is 16.3 Å². The highest BCUT2D eigenvalue weighted by molar-refractivity contribution is 6.30. The van der Waals surface area contributed by atoms with E-state index in [9.17, 15) is 9.59 Å². The summed E-state index contributed by atoms with van der Waals surface area (Å²) in [7, 11) is 1.49. The van der Waals surface area contributed by atoms with Crippen molar-refractivity contribution in [3.8, 4) is 5.75 Å². The fourth-order valence-corrected chi connectivity index (χ4v) is 3.28. The van der Waals surface area contributed by atoms with Gasteiger partial charge in [-0.1, -0.05) is 18.2 Å². The average molecular weight is 401 g/mol. The van der Waals surface area contributed by atoms with Gasteiger partial charge in [0.2, 0.25) is 5.91 Å². The molecule has 2 aromatic rings. The highest BCUT2D eigenvalue weighted by Gasteiger charge is 2.28. The number of methoxy groups -OCH3 is 1. The molecule has 1 aliphatic rings. The summed E-state index contributed by atoms with van der Waals surface area (Å²) in [6, 6.07) is 4.97. The lowest BCUT2D eigenvalue weighted by molar-refractivity contribution is -0.111. The molecule has 2 amide bonds. The van der Waals surface area contributed by atoms with E-state index in [0.29, 0.717) is 47.5 Å². The van der Waals surface area contributed by atoms with Crippen molar-refractivity contribution in [2.75, 3.05) is 25.5 Å². The minimum Gasteiger partial charge on any atom is -0.495 e. The van der Waals surface area contributed by atoms with Crippen LogP contribution in [-0.2, 0) is 11.2 Å². The molecule has 0 aliphatic carbocycles. The molecule has 146 valence electrons. The molecule has 3 rings (SSSR count). The number of amides is 2. The number of halogens is 1. The van der Waals surface area contributed by atoms with Crippen LogP contribution in [0.25, 0.3) is 0 Å². The molecule has 1 atom stereocenters. The number of hydrogen-bond acceptors (Lipinski definition) is 5. The van der Waals surface area contributed by atoms with Crippen molar-refractivity contribution in [2.45, 2.75) is 12.8 Å². The van der Waals surface area contributed by atoms with Gasteiger partial charge in [0.05, 0.1) is 17.8 Å². The Labute approximate surface area is 168 Å². The van der Waals surface area contributed by atoms with Crippen LogP contribution < -0.4 is 10.1 Å². The maximum Gasteiger partial charge on any atom is 0.254 e. The maximum absolute atomic E-state index is 12.9. The number of nitrogens with one attached hydrogen (secondary N) is 1. The van der Waals surface area contributed by atoms with Gasteiger partial charge in [-0.15, -0.1) is 0 Å². The number of benzene rings is 1. The zero-order valence-corrected chi connectivity index (χ0v) is 16.3. The van der Waals surface area contributed by atoms with Crippen LogP contribution >= 0.6 is 11.6 Å². The van der Waals surface area contributed by atoms with E-state index in [1.165, 1.54) is 13.2 Å². The molecule has 0 unspecified atom stereocenters. The third kappa shape index (κ3) is 4.67. The van der Waals surface area contributed by atoms with Crippen molar-refractivity contribution in [1.82, 2.24) is 14.9 Å². The summed E-state index contributed by atoms with van der Waals surface area (Å²) in [5.74, 6) is 1.04. The van der Waals surface area contributed by atoms with E-state index in [1.54, 1.807) is 30.6 Å². The Bertz CT molecular complexity index is 886. The lowest BCUT2D eigenvalue weighted by Crippen LogP contribution is -2.29. The second kappa shape index (κ2) is 8.84. The number of carbonyl (C=O) groups excluding carboxylic acids is 2. The molecule has 0 spiro atoms. The zero-order chi connectivity index (χ0) is 20.1. The molecule has 0 radical (unpaired) electrons. The average Bonchev–Trinajstić information content (AvgIpc) is 3.17. The Hall–Kier alpha value is -2.93. The number of hydrogen-bond donors (Lipinski definition) is 1. The Morgan fingerprint density at radius 2 is 2.14 bits per heavy atom. The molecular formula is C20H21ClN4O3. The molecule has 28 heavy (non-hydrogen) atoms. The van der Waals surface area contributed by atoms with Gasteiger partial charge in [-0.2, -0.15) is 0 Å². The summed E-state index contributed by atoms with van der Waals surface area (Å²) in [4.78, 5) is 34.6. The van der Waals surface area contributed by atoms with Gasteiger partial charge in [-0.05, 0) is 36.6 Å². The molecule has 0 bridgehead atoms. The Balaban J connectivity index is 1.66. The monoisotopic (exact) mass is 400 g/mol. The van der Waals surface area contributed by atoms with Gasteiger partial charge in [-0.25, -0.2) is 9.97 Å². The minimum atomic E-state index is -0.343. The van der Waals surface area contributed by atoms with Crippen molar-refractivity contribution < 1.29 is 14.3 Å². The first-order chi connectivity index (χ1) is 13.5. The van der Waals surface area contributed by atoms with Crippen LogP contribution in [0.15, 0.2) is 43.2 Å². The summed E-state index contributed by atoms with van der Waals surface area (Å²) in [5.41, 5.74) is 1.000. The minimum absolute atomic E-state index is 0.0700. The molecule has 7 nitrogen and oxygen atoms in total. The summed E-state index contributed by atoms with van der Waals surface area (Å²) < 4.78 is 5.31. The van der Waals surface area contributed by atoms with Crippen LogP contribution in [0.1, 0.15) is 22.6 Å². The summed E-state index contributed by atoms with van der Waals surface area (Å²) in [6.45, 7) is 4.74. The van der Waals surface area contributed by atoms with Crippen molar-refractivity contribution in [3.05, 3.63) is 59.7 Å². The predicted octanol–water partition coefficient (Wildman–Crippen LogP) is 2.97. The third-order valence-electron chi connectivity index (χ3n) is 4.61. The molecule has 1 fully saturated rings. The van der Waals surface area contributed by atoms with Crippen molar-refractivity contribution in [2.24, 2.45) is 5.92 Å². The van der Waals surface area contributed by atoms with Gasteiger partial charge in [0.15, 0.2) is 0 Å². The summed E-state index contributed by atoms with van der Waals surface area (Å²) in [5, 5.41) is 3.16. The topological polar surface area (TPSA) is 84.4 Å². The number of ether oxygens (including phenoxy) is 1. The molecule has 2 heterocycles. The van der Waals surface area contributed by atoms with Crippen LogP contribution in [0.4, 0.5) is 5.69 Å². The zero-order valence-electron chi connectivity index (χ0n) is 15.5. The molecular weight excluding hydrogens is 380 g/mol. The van der Waals surface area contributed by atoms with Crippen molar-refractivity contribution in [3.63, 3.8) is 0 Å². The van der Waals surface area contributed by atoms with E-state index in [2.05, 4.69) is 21.9 Å². The molecule has 1 aromatic carbocycles. The largest absolute Gasteiger partial charge is 0.495 e. The number of rotatable bonds is 6. The van der Waals surface area contributed by atoms with Crippen LogP contribution in [0.2, 0.25) is 5.02 Å². The van der Waals surface area contributed by atoms with Gasteiger partial charge in [-0.3, -0.25) is 9.59 Å². The lowest BCUT2D eigenvalue weighted by atomic mass is 10.0. The fraction of sp³-hybridized carbons (Fsp3) is 0.300. The van der Waals surface area contributed by atoms with Crippen LogP contribution in [0.5, 0.6) is 5.75 Å². The number of carbonyl (C=O) groups is 2. The lowest BCUT2D eigenvalue weighted by Gasteiger charge is -2.18. The molecule has 1 aromatic heterocycles. The van der Waals surface area contributed by atoms with Gasteiger partial charge in [0, 0.05) is 37.5 Å². The highest BCUT2D eigenvalue weighted by atomic mass is 35.5. The van der Waals surface area contributed by atoms with E-state index < -0.39 is 0 Å². The Morgan fingerprint density at radius 1 is 1.39 bits per heavy atom. The third-order valence-corrected chi connectivity index (χ3v) is 4.81. The number of aromatic nitrogens is 2. The predicted molar refractivity (Wildman–Crippen MR) is 107 cm³/mol. The molecule has 1 saturated heterocycles. The summed E-state index contributed by atoms with van der Waals surface area (Å²) >= 11 is 5.82. The van der Waals surface area contributed by atoms with Crippen LogP contribution in [-0.4, -0.2) is 46.9 Å². The van der Waals surface area contributed by atoms with Crippen molar-refractivity contribution in [1.29, 1.82) is 0 Å². The van der Waals surface area contributed by atoms with Gasteiger partial charge in [0.25, 0.3) is 5.91 Å². The standard InChI is InChI=1S/C20H21ClN4O3/c1-3-19(26)24-16-5-4-14(9-17(16)28-2)20(27)25-7-6-13(12-25)8-18-22-10-15(21)11-23-18/h3-5,9-11,13H,1,6-8,12H2,2H3,(H,24,26)/t13-/m0/s1. The Morgan fingerprint density at radius 3 is 2.82 bits per heavy atom. The maximum atomic E-state index is 12.9. The van der Waals surface area contributed by atoms with Crippen molar-refractivity contribution >= 4 is 29.1 Å². The van der Waals surface area contributed by atoms with Gasteiger partial charge < -0.3 is 15.0 Å². The highest BCUT2D eigenvalue weighted by Crippen LogP contribution is 2.28. The van der Waals surface area contributed by atoms with Gasteiger partial charge >= 0.3 is 0 Å². The van der Waals surface area contributed by atoms with E-state index in [1.807, 2.05) is 4.90 Å². The van der Waals surface area contributed by atoms with E-state index in [-0.39, 0.29) is 11.8 Å². The quantitative estimate of drug-likeness (QED) is 0.753. The number of likely N-dealkylation sites (tertiary alicyclic amines) is 1. The molecule has 8 heteroatoms. The first-order valence-corrected chi connectivity index (χ1v) is 9.25. The first kappa shape index (κ1) is 19.8. The fourth-order valence-electron chi connectivity index (χ4n) is 3.18. The molecule has 1 aliphatic heterocycles.